The van der Waals surface area contributed by atoms with E-state index in [4.69, 9.17) is 11.6 Å². The molecule has 0 amide bonds. The van der Waals surface area contributed by atoms with Gasteiger partial charge in [0.05, 0.1) is 0 Å². The van der Waals surface area contributed by atoms with Crippen LogP contribution in [0.2, 0.25) is 30.7 Å². The van der Waals surface area contributed by atoms with Crippen LogP contribution in [-0.4, -0.2) is 20.7 Å². The molecular formula is C15H26ClNSi. The van der Waals surface area contributed by atoms with Gasteiger partial charge in [-0.25, -0.2) is 0 Å². The molecule has 1 nitrogen and oxygen atoms in total. The molecule has 0 aliphatic carbocycles. The van der Waals surface area contributed by atoms with Gasteiger partial charge in [-0.3, -0.25) is 0 Å². The van der Waals surface area contributed by atoms with Crippen molar-refractivity contribution < 1.29 is 0 Å². The van der Waals surface area contributed by atoms with Crippen LogP contribution in [0.1, 0.15) is 25.3 Å². The van der Waals surface area contributed by atoms with Crippen molar-refractivity contribution in [3.05, 3.63) is 34.9 Å². The molecule has 1 unspecified atom stereocenters. The van der Waals surface area contributed by atoms with Crippen LogP contribution in [0.25, 0.3) is 0 Å². The second-order valence-corrected chi connectivity index (χ2v) is 12.5. The van der Waals surface area contributed by atoms with Crippen LogP contribution >= 0.6 is 11.6 Å². The molecular weight excluding hydrogens is 258 g/mol. The van der Waals surface area contributed by atoms with E-state index in [1.54, 1.807) is 0 Å². The number of nitrogens with one attached hydrogen (secondary N) is 1. The molecule has 102 valence electrons. The Kier molecular flexibility index (Phi) is 5.89. The number of hydrogen-bond acceptors (Lipinski definition) is 1. The van der Waals surface area contributed by atoms with Gasteiger partial charge in [0.1, 0.15) is 0 Å². The third kappa shape index (κ3) is 6.03. The molecule has 0 radical (unpaired) electrons. The maximum absolute atomic E-state index is 6.11. The van der Waals surface area contributed by atoms with E-state index in [1.807, 2.05) is 6.07 Å². The largest absolute Gasteiger partial charge is 0.314 e. The van der Waals surface area contributed by atoms with E-state index in [0.29, 0.717) is 12.0 Å². The monoisotopic (exact) mass is 283 g/mol. The van der Waals surface area contributed by atoms with Crippen molar-refractivity contribution in [2.24, 2.45) is 0 Å². The van der Waals surface area contributed by atoms with Crippen LogP contribution in [0.15, 0.2) is 24.3 Å². The van der Waals surface area contributed by atoms with Gasteiger partial charge >= 0.3 is 0 Å². The number of rotatable bonds is 6. The Balaban J connectivity index is 2.82. The van der Waals surface area contributed by atoms with E-state index in [-0.39, 0.29) is 0 Å². The van der Waals surface area contributed by atoms with E-state index in [2.05, 4.69) is 57.0 Å². The highest BCUT2D eigenvalue weighted by Gasteiger charge is 2.22. The average molecular weight is 284 g/mol. The first kappa shape index (κ1) is 15.7. The number of halogens is 1. The summed E-state index contributed by atoms with van der Waals surface area (Å²) in [6.07, 6.45) is 0. The van der Waals surface area contributed by atoms with Crippen molar-refractivity contribution in [2.75, 3.05) is 6.54 Å². The van der Waals surface area contributed by atoms with E-state index in [0.717, 1.165) is 11.6 Å². The van der Waals surface area contributed by atoms with Gasteiger partial charge in [-0.05, 0) is 29.7 Å². The summed E-state index contributed by atoms with van der Waals surface area (Å²) in [5.41, 5.74) is 1.37. The molecule has 1 rings (SSSR count). The van der Waals surface area contributed by atoms with Crippen LogP contribution in [-0.2, 0) is 0 Å². The summed E-state index contributed by atoms with van der Waals surface area (Å²) in [4.78, 5) is 0. The zero-order chi connectivity index (χ0) is 13.8. The minimum absolute atomic E-state index is 0.535. The molecule has 0 heterocycles. The van der Waals surface area contributed by atoms with Crippen molar-refractivity contribution in [2.45, 2.75) is 51.5 Å². The quantitative estimate of drug-likeness (QED) is 0.742. The Labute approximate surface area is 118 Å². The van der Waals surface area contributed by atoms with Crippen LogP contribution in [0.5, 0.6) is 0 Å². The van der Waals surface area contributed by atoms with Gasteiger partial charge in [0.2, 0.25) is 0 Å². The van der Waals surface area contributed by atoms with Crippen molar-refractivity contribution >= 4 is 19.7 Å². The molecule has 0 saturated heterocycles. The molecule has 1 atom stereocenters. The van der Waals surface area contributed by atoms with Gasteiger partial charge in [-0.1, -0.05) is 57.2 Å². The van der Waals surface area contributed by atoms with Gasteiger partial charge < -0.3 is 5.32 Å². The molecule has 0 fully saturated rings. The second-order valence-electron chi connectivity index (χ2n) is 6.58. The first-order valence-corrected chi connectivity index (χ1v) is 10.9. The van der Waals surface area contributed by atoms with Gasteiger partial charge in [0, 0.05) is 25.7 Å². The summed E-state index contributed by atoms with van der Waals surface area (Å²) in [7, 11) is -1.08. The lowest BCUT2D eigenvalue weighted by Gasteiger charge is -2.26. The van der Waals surface area contributed by atoms with Gasteiger partial charge in [-0.15, -0.1) is 0 Å². The molecule has 1 aromatic carbocycles. The van der Waals surface area contributed by atoms with Crippen LogP contribution in [0.3, 0.4) is 0 Å². The molecule has 1 aromatic rings. The molecule has 0 aliphatic rings. The van der Waals surface area contributed by atoms with Crippen molar-refractivity contribution in [1.29, 1.82) is 0 Å². The molecule has 0 aliphatic heterocycles. The standard InChI is InChI=1S/C15H26ClNSi/c1-12(2)17-10-14(11-18(3,4)5)13-7-6-8-15(16)9-13/h6-9,12,14,17H,10-11H2,1-5H3. The van der Waals surface area contributed by atoms with Gasteiger partial charge in [-0.2, -0.15) is 0 Å². The third-order valence-electron chi connectivity index (χ3n) is 2.95. The lowest BCUT2D eigenvalue weighted by molar-refractivity contribution is 0.545. The number of hydrogen-bond donors (Lipinski definition) is 1. The Bertz CT molecular complexity index is 371. The Hall–Kier alpha value is -0.313. The Morgan fingerprint density at radius 2 is 1.89 bits per heavy atom. The molecule has 0 aromatic heterocycles. The maximum Gasteiger partial charge on any atom is 0.0449 e. The summed E-state index contributed by atoms with van der Waals surface area (Å²) >= 11 is 6.11. The summed E-state index contributed by atoms with van der Waals surface area (Å²) in [6.45, 7) is 12.7. The Morgan fingerprint density at radius 3 is 2.39 bits per heavy atom. The minimum Gasteiger partial charge on any atom is -0.314 e. The smallest absolute Gasteiger partial charge is 0.0449 e. The number of benzene rings is 1. The summed E-state index contributed by atoms with van der Waals surface area (Å²) in [5.74, 6) is 0.581. The van der Waals surface area contributed by atoms with Gasteiger partial charge in [0.25, 0.3) is 0 Å². The average Bonchev–Trinajstić information content (AvgIpc) is 2.22. The van der Waals surface area contributed by atoms with Crippen LogP contribution in [0, 0.1) is 0 Å². The molecule has 1 N–H and O–H groups in total. The molecule has 0 saturated carbocycles. The van der Waals surface area contributed by atoms with Crippen molar-refractivity contribution in [3.63, 3.8) is 0 Å². The topological polar surface area (TPSA) is 12.0 Å². The molecule has 0 bridgehead atoms. The van der Waals surface area contributed by atoms with Crippen molar-refractivity contribution in [1.82, 2.24) is 5.32 Å². The molecule has 3 heteroatoms. The zero-order valence-corrected chi connectivity index (χ0v) is 14.0. The summed E-state index contributed by atoms with van der Waals surface area (Å²) < 4.78 is 0. The first-order valence-electron chi connectivity index (χ1n) is 6.77. The second kappa shape index (κ2) is 6.74. The lowest BCUT2D eigenvalue weighted by atomic mass is 10.0. The van der Waals surface area contributed by atoms with E-state index in [1.165, 1.54) is 11.6 Å². The van der Waals surface area contributed by atoms with E-state index in [9.17, 15) is 0 Å². The summed E-state index contributed by atoms with van der Waals surface area (Å²) in [6, 6.07) is 10.2. The highest BCUT2D eigenvalue weighted by Crippen LogP contribution is 2.27. The first-order chi connectivity index (χ1) is 8.28. The summed E-state index contributed by atoms with van der Waals surface area (Å²) in [5, 5.41) is 4.41. The normalized spacial score (nSPS) is 13.9. The van der Waals surface area contributed by atoms with Crippen molar-refractivity contribution in [3.8, 4) is 0 Å². The Morgan fingerprint density at radius 1 is 1.22 bits per heavy atom. The SMILES string of the molecule is CC(C)NCC(C[Si](C)(C)C)c1cccc(Cl)c1. The zero-order valence-electron chi connectivity index (χ0n) is 12.3. The predicted octanol–water partition coefficient (Wildman–Crippen LogP) is 4.76. The highest BCUT2D eigenvalue weighted by molar-refractivity contribution is 6.76. The van der Waals surface area contributed by atoms with E-state index >= 15 is 0 Å². The molecule has 0 spiro atoms. The maximum atomic E-state index is 6.11. The van der Waals surface area contributed by atoms with E-state index < -0.39 is 8.07 Å². The van der Waals surface area contributed by atoms with Crippen LogP contribution in [0.4, 0.5) is 0 Å². The minimum atomic E-state index is -1.08. The predicted molar refractivity (Wildman–Crippen MR) is 85.5 cm³/mol. The highest BCUT2D eigenvalue weighted by atomic mass is 35.5. The molecule has 18 heavy (non-hydrogen) atoms. The van der Waals surface area contributed by atoms with Crippen LogP contribution < -0.4 is 5.32 Å². The van der Waals surface area contributed by atoms with Gasteiger partial charge in [0.15, 0.2) is 0 Å². The third-order valence-corrected chi connectivity index (χ3v) is 4.90. The fourth-order valence-electron chi connectivity index (χ4n) is 2.19. The fraction of sp³-hybridized carbons (Fsp3) is 0.600. The fourth-order valence-corrected chi connectivity index (χ4v) is 4.24. The lowest BCUT2D eigenvalue weighted by Crippen LogP contribution is -2.32.